The molecule has 28 heavy (non-hydrogen) atoms. The minimum absolute atomic E-state index is 0.0384. The van der Waals surface area contributed by atoms with Gasteiger partial charge in [0.15, 0.2) is 0 Å². The van der Waals surface area contributed by atoms with E-state index in [-0.39, 0.29) is 11.9 Å². The largest absolute Gasteiger partial charge is 0.330 e. The topological polar surface area (TPSA) is 63.4 Å². The highest BCUT2D eigenvalue weighted by atomic mass is 16.2. The van der Waals surface area contributed by atoms with Crippen LogP contribution in [0.5, 0.6) is 0 Å². The number of nitrogens with zero attached hydrogens (tertiary/aromatic N) is 5. The Labute approximate surface area is 162 Å². The summed E-state index contributed by atoms with van der Waals surface area (Å²) in [4.78, 5) is 23.9. The minimum Gasteiger partial charge on any atom is -0.330 e. The van der Waals surface area contributed by atoms with Gasteiger partial charge in [0, 0.05) is 18.3 Å². The van der Waals surface area contributed by atoms with Crippen molar-refractivity contribution in [2.24, 2.45) is 0 Å². The first-order chi connectivity index (χ1) is 13.8. The fourth-order valence-electron chi connectivity index (χ4n) is 4.02. The van der Waals surface area contributed by atoms with Crippen LogP contribution < -0.4 is 0 Å². The van der Waals surface area contributed by atoms with E-state index in [1.165, 1.54) is 6.33 Å². The van der Waals surface area contributed by atoms with Crippen LogP contribution in [0.15, 0.2) is 73.2 Å². The fourth-order valence-corrected chi connectivity index (χ4v) is 4.02. The molecule has 2 aromatic heterocycles. The van der Waals surface area contributed by atoms with Crippen molar-refractivity contribution in [1.29, 1.82) is 0 Å². The fraction of sp³-hybridized carbons (Fsp3) is 0.182. The highest BCUT2D eigenvalue weighted by molar-refractivity contribution is 6.01. The Balaban J connectivity index is 1.55. The first-order valence-corrected chi connectivity index (χ1v) is 9.43. The van der Waals surface area contributed by atoms with Crippen LogP contribution in [-0.2, 0) is 0 Å². The Kier molecular flexibility index (Phi) is 4.09. The number of benzene rings is 2. The third kappa shape index (κ3) is 2.74. The van der Waals surface area contributed by atoms with Crippen molar-refractivity contribution in [3.05, 3.63) is 84.4 Å². The first kappa shape index (κ1) is 16.6. The maximum Gasteiger partial charge on any atom is 0.255 e. The van der Waals surface area contributed by atoms with E-state index in [0.29, 0.717) is 5.78 Å². The molecule has 2 aromatic carbocycles. The zero-order valence-corrected chi connectivity index (χ0v) is 15.3. The van der Waals surface area contributed by atoms with Crippen molar-refractivity contribution in [3.8, 4) is 11.1 Å². The van der Waals surface area contributed by atoms with Gasteiger partial charge in [0.1, 0.15) is 6.33 Å². The number of hydrogen-bond acceptors (Lipinski definition) is 4. The molecule has 6 heteroatoms. The summed E-state index contributed by atoms with van der Waals surface area (Å²) in [5.41, 5.74) is 3.68. The van der Waals surface area contributed by atoms with Gasteiger partial charge in [-0.2, -0.15) is 14.6 Å². The maximum atomic E-state index is 13.6. The SMILES string of the molecule is O=C(c1ccccc1-c1ccccc1)N1CCC[C@@H]1c1ccnc2ncnn12. The molecule has 1 aliphatic rings. The molecule has 0 bridgehead atoms. The third-order valence-electron chi connectivity index (χ3n) is 5.31. The molecule has 1 aliphatic heterocycles. The summed E-state index contributed by atoms with van der Waals surface area (Å²) < 4.78 is 1.74. The summed E-state index contributed by atoms with van der Waals surface area (Å²) in [7, 11) is 0. The number of carbonyl (C=O) groups excluding carboxylic acids is 1. The van der Waals surface area contributed by atoms with E-state index in [4.69, 9.17) is 0 Å². The lowest BCUT2D eigenvalue weighted by Crippen LogP contribution is -2.32. The zero-order chi connectivity index (χ0) is 18.9. The van der Waals surface area contributed by atoms with Crippen LogP contribution in [0, 0.1) is 0 Å². The normalized spacial score (nSPS) is 16.6. The Morgan fingerprint density at radius 2 is 1.79 bits per heavy atom. The summed E-state index contributed by atoms with van der Waals surface area (Å²) in [6.07, 6.45) is 5.09. The molecule has 0 spiro atoms. The van der Waals surface area contributed by atoms with E-state index in [1.807, 2.05) is 65.6 Å². The van der Waals surface area contributed by atoms with Crippen molar-refractivity contribution in [3.63, 3.8) is 0 Å². The summed E-state index contributed by atoms with van der Waals surface area (Å²) in [5.74, 6) is 0.605. The molecule has 1 atom stereocenters. The lowest BCUT2D eigenvalue weighted by Gasteiger charge is -2.26. The molecule has 138 valence electrons. The summed E-state index contributed by atoms with van der Waals surface area (Å²) >= 11 is 0. The van der Waals surface area contributed by atoms with Crippen LogP contribution in [0.1, 0.15) is 34.9 Å². The second kappa shape index (κ2) is 6.88. The second-order valence-corrected chi connectivity index (χ2v) is 6.91. The van der Waals surface area contributed by atoms with Crippen LogP contribution in [0.2, 0.25) is 0 Å². The molecule has 0 saturated carbocycles. The summed E-state index contributed by atoms with van der Waals surface area (Å²) in [6, 6.07) is 19.8. The highest BCUT2D eigenvalue weighted by Gasteiger charge is 2.33. The van der Waals surface area contributed by atoms with Gasteiger partial charge in [0.2, 0.25) is 0 Å². The summed E-state index contributed by atoms with van der Waals surface area (Å²) in [5, 5.41) is 4.30. The lowest BCUT2D eigenvalue weighted by atomic mass is 9.98. The molecule has 0 unspecified atom stereocenters. The summed E-state index contributed by atoms with van der Waals surface area (Å²) in [6.45, 7) is 0.727. The minimum atomic E-state index is -0.0384. The molecule has 1 saturated heterocycles. The van der Waals surface area contributed by atoms with Gasteiger partial charge in [-0.15, -0.1) is 0 Å². The Morgan fingerprint density at radius 3 is 2.68 bits per heavy atom. The van der Waals surface area contributed by atoms with Gasteiger partial charge in [0.25, 0.3) is 11.7 Å². The van der Waals surface area contributed by atoms with Crippen molar-refractivity contribution in [2.45, 2.75) is 18.9 Å². The Morgan fingerprint density at radius 1 is 0.964 bits per heavy atom. The predicted octanol–water partition coefficient (Wildman–Crippen LogP) is 3.77. The van der Waals surface area contributed by atoms with E-state index in [2.05, 4.69) is 15.1 Å². The number of aromatic nitrogens is 4. The van der Waals surface area contributed by atoms with Gasteiger partial charge >= 0.3 is 0 Å². The molecule has 4 aromatic rings. The number of rotatable bonds is 3. The predicted molar refractivity (Wildman–Crippen MR) is 106 cm³/mol. The van der Waals surface area contributed by atoms with Crippen molar-refractivity contribution in [1.82, 2.24) is 24.5 Å². The van der Waals surface area contributed by atoms with Crippen LogP contribution in [-0.4, -0.2) is 36.9 Å². The maximum absolute atomic E-state index is 13.6. The highest BCUT2D eigenvalue weighted by Crippen LogP contribution is 2.34. The number of likely N-dealkylation sites (tertiary alicyclic amines) is 1. The number of carbonyl (C=O) groups is 1. The molecule has 3 heterocycles. The molecule has 0 aliphatic carbocycles. The van der Waals surface area contributed by atoms with Crippen LogP contribution in [0.4, 0.5) is 0 Å². The van der Waals surface area contributed by atoms with Gasteiger partial charge in [0.05, 0.1) is 11.7 Å². The van der Waals surface area contributed by atoms with E-state index in [1.54, 1.807) is 10.7 Å². The van der Waals surface area contributed by atoms with Crippen molar-refractivity contribution in [2.75, 3.05) is 6.54 Å². The number of amides is 1. The van der Waals surface area contributed by atoms with E-state index >= 15 is 0 Å². The molecule has 5 rings (SSSR count). The molecule has 0 N–H and O–H groups in total. The molecular weight excluding hydrogens is 350 g/mol. The Hall–Kier alpha value is -3.54. The lowest BCUT2D eigenvalue weighted by molar-refractivity contribution is 0.0732. The zero-order valence-electron chi connectivity index (χ0n) is 15.3. The average molecular weight is 369 g/mol. The molecule has 0 radical (unpaired) electrons. The van der Waals surface area contributed by atoms with Crippen LogP contribution in [0.3, 0.4) is 0 Å². The third-order valence-corrected chi connectivity index (χ3v) is 5.31. The number of hydrogen-bond donors (Lipinski definition) is 0. The van der Waals surface area contributed by atoms with Crippen LogP contribution >= 0.6 is 0 Å². The smallest absolute Gasteiger partial charge is 0.255 e. The molecule has 1 amide bonds. The van der Waals surface area contributed by atoms with E-state index in [0.717, 1.165) is 41.8 Å². The van der Waals surface area contributed by atoms with Gasteiger partial charge in [-0.05, 0) is 36.1 Å². The van der Waals surface area contributed by atoms with Gasteiger partial charge in [-0.25, -0.2) is 4.98 Å². The number of fused-ring (bicyclic) bond motifs is 1. The first-order valence-electron chi connectivity index (χ1n) is 9.43. The Bertz CT molecular complexity index is 1140. The molecular formula is C22H19N5O. The van der Waals surface area contributed by atoms with Gasteiger partial charge < -0.3 is 4.90 Å². The monoisotopic (exact) mass is 369 g/mol. The van der Waals surface area contributed by atoms with Gasteiger partial charge in [-0.1, -0.05) is 48.5 Å². The van der Waals surface area contributed by atoms with Crippen molar-refractivity contribution < 1.29 is 4.79 Å². The van der Waals surface area contributed by atoms with Gasteiger partial charge in [-0.3, -0.25) is 4.79 Å². The van der Waals surface area contributed by atoms with Crippen molar-refractivity contribution >= 4 is 11.7 Å². The quantitative estimate of drug-likeness (QED) is 0.551. The molecule has 1 fully saturated rings. The second-order valence-electron chi connectivity index (χ2n) is 6.91. The molecule has 6 nitrogen and oxygen atoms in total. The van der Waals surface area contributed by atoms with E-state index in [9.17, 15) is 4.79 Å². The average Bonchev–Trinajstić information content (AvgIpc) is 3.43. The standard InChI is InChI=1S/C22H19N5O/c28-21(18-10-5-4-9-17(18)16-7-2-1-3-8-16)26-14-6-11-19(26)20-12-13-23-22-24-15-25-27(20)22/h1-5,7-10,12-13,15,19H,6,11,14H2/t19-/m1/s1. The van der Waals surface area contributed by atoms with Crippen LogP contribution in [0.25, 0.3) is 16.9 Å². The van der Waals surface area contributed by atoms with E-state index < -0.39 is 0 Å².